The molecule has 1 aliphatic rings. The smallest absolute Gasteiger partial charge is 0.170 e. The lowest BCUT2D eigenvalue weighted by Gasteiger charge is -2.28. The molecule has 0 radical (unpaired) electrons. The number of Topliss-reactive ketones (excluding diaryl/α,β-unsaturated/α-hetero) is 1. The van der Waals surface area contributed by atoms with Crippen LogP contribution in [0.2, 0.25) is 0 Å². The largest absolute Gasteiger partial charge is 0.294 e. The molecule has 3 rings (SSSR count). The molecule has 0 aliphatic heterocycles. The number of hydrogen-bond acceptors (Lipinski definition) is 5. The van der Waals surface area contributed by atoms with E-state index in [2.05, 4.69) is 15.2 Å². The molecule has 0 spiro atoms. The van der Waals surface area contributed by atoms with Crippen molar-refractivity contribution in [2.24, 2.45) is 5.41 Å². The maximum absolute atomic E-state index is 12.3. The van der Waals surface area contributed by atoms with Gasteiger partial charge in [-0.15, -0.1) is 10.2 Å². The van der Waals surface area contributed by atoms with Crippen LogP contribution in [-0.4, -0.2) is 21.0 Å². The predicted octanol–water partition coefficient (Wildman–Crippen LogP) is 2.76. The summed E-state index contributed by atoms with van der Waals surface area (Å²) in [5.41, 5.74) is 3.89. The number of rotatable bonds is 1. The molecule has 2 heterocycles. The maximum Gasteiger partial charge on any atom is 0.170 e. The highest BCUT2D eigenvalue weighted by molar-refractivity contribution is 7.12. The molecule has 0 saturated carbocycles. The molecule has 1 aliphatic carbocycles. The van der Waals surface area contributed by atoms with Gasteiger partial charge in [-0.3, -0.25) is 4.79 Å². The normalized spacial score (nSPS) is 17.6. The van der Waals surface area contributed by atoms with Crippen molar-refractivity contribution < 1.29 is 4.79 Å². The summed E-state index contributed by atoms with van der Waals surface area (Å²) in [6.07, 6.45) is 1.70. The molecule has 5 heteroatoms. The summed E-state index contributed by atoms with van der Waals surface area (Å²) in [6, 6.07) is 3.74. The van der Waals surface area contributed by atoms with Gasteiger partial charge in [0.15, 0.2) is 10.8 Å². The molecule has 4 nitrogen and oxygen atoms in total. The summed E-state index contributed by atoms with van der Waals surface area (Å²) >= 11 is 1.46. The van der Waals surface area contributed by atoms with Crippen LogP contribution in [0.3, 0.4) is 0 Å². The van der Waals surface area contributed by atoms with E-state index in [9.17, 15) is 4.79 Å². The number of pyridine rings is 1. The summed E-state index contributed by atoms with van der Waals surface area (Å²) < 4.78 is 0. The summed E-state index contributed by atoms with van der Waals surface area (Å²) in [5, 5.41) is 8.62. The number of carbonyl (C=O) groups excluding carboxylic acids is 1. The Kier molecular flexibility index (Phi) is 2.52. The molecular formula is C13H13N3OS. The SMILES string of the molecule is CC1(C)CCc2nc(-c3nncs3)ccc2C1=O. The van der Waals surface area contributed by atoms with Gasteiger partial charge in [0.1, 0.15) is 11.2 Å². The molecule has 0 N–H and O–H groups in total. The van der Waals surface area contributed by atoms with Gasteiger partial charge in [0.25, 0.3) is 0 Å². The van der Waals surface area contributed by atoms with Gasteiger partial charge < -0.3 is 0 Å². The Balaban J connectivity index is 2.06. The van der Waals surface area contributed by atoms with E-state index in [1.807, 2.05) is 26.0 Å². The first-order chi connectivity index (χ1) is 8.58. The minimum atomic E-state index is -0.265. The minimum Gasteiger partial charge on any atom is -0.294 e. The lowest BCUT2D eigenvalue weighted by molar-refractivity contribution is 0.0809. The molecule has 2 aromatic heterocycles. The summed E-state index contributed by atoms with van der Waals surface area (Å²) in [7, 11) is 0. The number of carbonyl (C=O) groups is 1. The second-order valence-corrected chi connectivity index (χ2v) is 5.98. The maximum atomic E-state index is 12.3. The fraction of sp³-hybridized carbons (Fsp3) is 0.385. The van der Waals surface area contributed by atoms with Crippen LogP contribution in [0.25, 0.3) is 10.7 Å². The Bertz CT molecular complexity index is 605. The van der Waals surface area contributed by atoms with E-state index in [1.165, 1.54) is 11.3 Å². The van der Waals surface area contributed by atoms with Crippen LogP contribution >= 0.6 is 11.3 Å². The molecule has 0 unspecified atom stereocenters. The zero-order valence-electron chi connectivity index (χ0n) is 10.3. The third kappa shape index (κ3) is 1.75. The Hall–Kier alpha value is -1.62. The lowest BCUT2D eigenvalue weighted by Crippen LogP contribution is -2.31. The summed E-state index contributed by atoms with van der Waals surface area (Å²) in [6.45, 7) is 3.99. The van der Waals surface area contributed by atoms with Crippen LogP contribution in [-0.2, 0) is 6.42 Å². The van der Waals surface area contributed by atoms with Crippen molar-refractivity contribution in [3.63, 3.8) is 0 Å². The van der Waals surface area contributed by atoms with Gasteiger partial charge in [-0.05, 0) is 25.0 Å². The van der Waals surface area contributed by atoms with Crippen LogP contribution in [0.5, 0.6) is 0 Å². The fourth-order valence-corrected chi connectivity index (χ4v) is 2.73. The van der Waals surface area contributed by atoms with Crippen LogP contribution in [0, 0.1) is 5.41 Å². The van der Waals surface area contributed by atoms with Crippen molar-refractivity contribution in [2.75, 3.05) is 0 Å². The molecule has 0 saturated heterocycles. The van der Waals surface area contributed by atoms with Crippen molar-refractivity contribution in [3.05, 3.63) is 28.9 Å². The van der Waals surface area contributed by atoms with Crippen molar-refractivity contribution in [1.82, 2.24) is 15.2 Å². The van der Waals surface area contributed by atoms with E-state index in [0.717, 1.165) is 34.8 Å². The fourth-order valence-electron chi connectivity index (χ4n) is 2.21. The van der Waals surface area contributed by atoms with E-state index in [4.69, 9.17) is 0 Å². The quantitative estimate of drug-likeness (QED) is 0.790. The molecule has 18 heavy (non-hydrogen) atoms. The molecule has 92 valence electrons. The zero-order valence-corrected chi connectivity index (χ0v) is 11.1. The molecule has 2 aromatic rings. The highest BCUT2D eigenvalue weighted by Crippen LogP contribution is 2.34. The van der Waals surface area contributed by atoms with Crippen molar-refractivity contribution in [2.45, 2.75) is 26.7 Å². The van der Waals surface area contributed by atoms with Crippen molar-refractivity contribution in [1.29, 1.82) is 0 Å². The van der Waals surface area contributed by atoms with Crippen LogP contribution in [0.15, 0.2) is 17.6 Å². The second-order valence-electron chi connectivity index (χ2n) is 5.15. The molecule has 0 atom stereocenters. The molecule has 0 amide bonds. The van der Waals surface area contributed by atoms with Crippen LogP contribution < -0.4 is 0 Å². The lowest BCUT2D eigenvalue weighted by atomic mass is 9.75. The Morgan fingerprint density at radius 3 is 2.89 bits per heavy atom. The van der Waals surface area contributed by atoms with Crippen LogP contribution in [0.4, 0.5) is 0 Å². The number of aromatic nitrogens is 3. The Morgan fingerprint density at radius 2 is 2.17 bits per heavy atom. The van der Waals surface area contributed by atoms with Gasteiger partial charge in [-0.25, -0.2) is 4.98 Å². The molecular weight excluding hydrogens is 246 g/mol. The highest BCUT2D eigenvalue weighted by Gasteiger charge is 2.34. The highest BCUT2D eigenvalue weighted by atomic mass is 32.1. The van der Waals surface area contributed by atoms with Crippen molar-refractivity contribution >= 4 is 17.1 Å². The second kappa shape index (κ2) is 3.95. The molecule has 0 fully saturated rings. The average molecular weight is 259 g/mol. The number of hydrogen-bond donors (Lipinski definition) is 0. The first-order valence-electron chi connectivity index (χ1n) is 5.89. The van der Waals surface area contributed by atoms with Gasteiger partial charge in [-0.2, -0.15) is 0 Å². The summed E-state index contributed by atoms with van der Waals surface area (Å²) in [5.74, 6) is 0.195. The third-order valence-corrected chi connectivity index (χ3v) is 4.11. The predicted molar refractivity (Wildman–Crippen MR) is 69.6 cm³/mol. The number of nitrogens with zero attached hydrogens (tertiary/aromatic N) is 3. The first kappa shape index (κ1) is 11.5. The number of ketones is 1. The van der Waals surface area contributed by atoms with Gasteiger partial charge in [-0.1, -0.05) is 25.2 Å². The van der Waals surface area contributed by atoms with E-state index in [-0.39, 0.29) is 11.2 Å². The van der Waals surface area contributed by atoms with E-state index in [0.29, 0.717) is 0 Å². The standard InChI is InChI=1S/C13H13N3OS/c1-13(2)6-5-9-8(11(13)17)3-4-10(15-9)12-16-14-7-18-12/h3-4,7H,5-6H2,1-2H3. The molecule has 0 bridgehead atoms. The minimum absolute atomic E-state index is 0.195. The van der Waals surface area contributed by atoms with E-state index >= 15 is 0 Å². The van der Waals surface area contributed by atoms with Crippen LogP contribution in [0.1, 0.15) is 36.3 Å². The van der Waals surface area contributed by atoms with Gasteiger partial charge in [0.05, 0.1) is 5.69 Å². The number of fused-ring (bicyclic) bond motifs is 1. The zero-order chi connectivity index (χ0) is 12.8. The Morgan fingerprint density at radius 1 is 1.33 bits per heavy atom. The van der Waals surface area contributed by atoms with E-state index < -0.39 is 0 Å². The third-order valence-electron chi connectivity index (χ3n) is 3.40. The summed E-state index contributed by atoms with van der Waals surface area (Å²) in [4.78, 5) is 16.8. The van der Waals surface area contributed by atoms with Gasteiger partial charge >= 0.3 is 0 Å². The molecule has 0 aromatic carbocycles. The topological polar surface area (TPSA) is 55.7 Å². The van der Waals surface area contributed by atoms with Gasteiger partial charge in [0, 0.05) is 11.0 Å². The number of aryl methyl sites for hydroxylation is 1. The Labute approximate surface area is 109 Å². The first-order valence-corrected chi connectivity index (χ1v) is 6.77. The average Bonchev–Trinajstić information content (AvgIpc) is 2.88. The van der Waals surface area contributed by atoms with E-state index in [1.54, 1.807) is 5.51 Å². The van der Waals surface area contributed by atoms with Gasteiger partial charge in [0.2, 0.25) is 0 Å². The van der Waals surface area contributed by atoms with Crippen molar-refractivity contribution in [3.8, 4) is 10.7 Å². The monoisotopic (exact) mass is 259 g/mol.